The number of halogens is 4. The number of amides is 1. The van der Waals surface area contributed by atoms with Crippen LogP contribution >= 0.6 is 23.2 Å². The van der Waals surface area contributed by atoms with Crippen LogP contribution in [0.2, 0.25) is 10.0 Å². The van der Waals surface area contributed by atoms with E-state index in [2.05, 4.69) is 5.32 Å². The highest BCUT2D eigenvalue weighted by Crippen LogP contribution is 2.24. The van der Waals surface area contributed by atoms with Gasteiger partial charge in [-0.15, -0.1) is 0 Å². The first-order valence-corrected chi connectivity index (χ1v) is 6.54. The lowest BCUT2D eigenvalue weighted by Crippen LogP contribution is -2.21. The van der Waals surface area contributed by atoms with E-state index in [1.807, 2.05) is 0 Å². The number of benzene rings is 2. The molecule has 0 saturated carbocycles. The van der Waals surface area contributed by atoms with E-state index in [-0.39, 0.29) is 5.75 Å². The molecule has 7 heteroatoms. The van der Waals surface area contributed by atoms with Crippen molar-refractivity contribution < 1.29 is 18.3 Å². The van der Waals surface area contributed by atoms with Crippen LogP contribution in [-0.4, -0.2) is 12.5 Å². The van der Waals surface area contributed by atoms with E-state index in [1.54, 1.807) is 0 Å². The molecule has 21 heavy (non-hydrogen) atoms. The van der Waals surface area contributed by atoms with Crippen molar-refractivity contribution in [2.24, 2.45) is 0 Å². The highest BCUT2D eigenvalue weighted by molar-refractivity contribution is 6.34. The fourth-order valence-electron chi connectivity index (χ4n) is 1.55. The molecule has 0 unspecified atom stereocenters. The van der Waals surface area contributed by atoms with Gasteiger partial charge in [0.2, 0.25) is 0 Å². The Bertz CT molecular complexity index is 640. The van der Waals surface area contributed by atoms with Gasteiger partial charge in [-0.05, 0) is 30.3 Å². The van der Waals surface area contributed by atoms with Crippen LogP contribution in [0, 0.1) is 11.6 Å². The molecule has 1 N–H and O–H groups in total. The van der Waals surface area contributed by atoms with Crippen LogP contribution in [0.25, 0.3) is 0 Å². The lowest BCUT2D eigenvalue weighted by atomic mass is 10.3. The highest BCUT2D eigenvalue weighted by atomic mass is 35.5. The smallest absolute Gasteiger partial charge is 0.262 e. The maximum atomic E-state index is 13.3. The minimum Gasteiger partial charge on any atom is -0.484 e. The Balaban J connectivity index is 1.99. The summed E-state index contributed by atoms with van der Waals surface area (Å²) in [5.41, 5.74) is -0.518. The number of carbonyl (C=O) groups is 1. The Labute approximate surface area is 129 Å². The average Bonchev–Trinajstić information content (AvgIpc) is 2.40. The summed E-state index contributed by atoms with van der Waals surface area (Å²) in [6.07, 6.45) is 0. The third kappa shape index (κ3) is 4.31. The Morgan fingerprint density at radius 1 is 1.10 bits per heavy atom. The predicted molar refractivity (Wildman–Crippen MR) is 76.9 cm³/mol. The van der Waals surface area contributed by atoms with Gasteiger partial charge < -0.3 is 10.1 Å². The molecule has 0 heterocycles. The normalized spacial score (nSPS) is 10.3. The van der Waals surface area contributed by atoms with Crippen LogP contribution in [0.1, 0.15) is 0 Å². The van der Waals surface area contributed by atoms with Crippen LogP contribution in [0.15, 0.2) is 36.4 Å². The van der Waals surface area contributed by atoms with Crippen LogP contribution in [0.3, 0.4) is 0 Å². The van der Waals surface area contributed by atoms with E-state index in [0.29, 0.717) is 10.0 Å². The zero-order valence-corrected chi connectivity index (χ0v) is 12.0. The molecule has 0 radical (unpaired) electrons. The number of nitrogens with one attached hydrogen (secondary N) is 1. The number of carbonyl (C=O) groups excluding carboxylic acids is 1. The zero-order chi connectivity index (χ0) is 15.4. The number of ether oxygens (including phenoxy) is 1. The molecule has 3 nitrogen and oxygen atoms in total. The SMILES string of the molecule is O=C(COc1cc(Cl)cc(Cl)c1)Nc1c(F)cccc1F. The number of para-hydroxylation sites is 1. The van der Waals surface area contributed by atoms with Gasteiger partial charge in [0.15, 0.2) is 6.61 Å². The van der Waals surface area contributed by atoms with E-state index in [9.17, 15) is 13.6 Å². The second-order valence-electron chi connectivity index (χ2n) is 4.04. The van der Waals surface area contributed by atoms with Crippen LogP contribution < -0.4 is 10.1 Å². The third-order valence-corrected chi connectivity index (χ3v) is 2.87. The van der Waals surface area contributed by atoms with Gasteiger partial charge in [0.25, 0.3) is 5.91 Å². The molecule has 0 aromatic heterocycles. The van der Waals surface area contributed by atoms with E-state index < -0.39 is 29.8 Å². The van der Waals surface area contributed by atoms with Gasteiger partial charge in [-0.2, -0.15) is 0 Å². The first-order valence-electron chi connectivity index (χ1n) is 5.78. The standard InChI is InChI=1S/C14H9Cl2F2NO2/c15-8-4-9(16)6-10(5-8)21-7-13(20)19-14-11(17)2-1-3-12(14)18/h1-6H,7H2,(H,19,20). The number of hydrogen-bond acceptors (Lipinski definition) is 2. The van der Waals surface area contributed by atoms with E-state index >= 15 is 0 Å². The number of rotatable bonds is 4. The van der Waals surface area contributed by atoms with Crippen LogP contribution in [0.5, 0.6) is 5.75 Å². The van der Waals surface area contributed by atoms with Crippen molar-refractivity contribution in [2.45, 2.75) is 0 Å². The van der Waals surface area contributed by atoms with Crippen molar-refractivity contribution in [2.75, 3.05) is 11.9 Å². The molecule has 0 fully saturated rings. The van der Waals surface area contributed by atoms with Crippen molar-refractivity contribution in [3.63, 3.8) is 0 Å². The molecule has 0 aliphatic rings. The van der Waals surface area contributed by atoms with Crippen molar-refractivity contribution in [1.29, 1.82) is 0 Å². The Morgan fingerprint density at radius 3 is 2.24 bits per heavy atom. The van der Waals surface area contributed by atoms with Gasteiger partial charge in [0, 0.05) is 10.0 Å². The molecule has 2 aromatic rings. The molecule has 0 aliphatic carbocycles. The zero-order valence-electron chi connectivity index (χ0n) is 10.5. The van der Waals surface area contributed by atoms with Crippen molar-refractivity contribution in [3.05, 3.63) is 58.1 Å². The predicted octanol–water partition coefficient (Wildman–Crippen LogP) is 4.29. The number of hydrogen-bond donors (Lipinski definition) is 1. The second-order valence-corrected chi connectivity index (χ2v) is 4.91. The van der Waals surface area contributed by atoms with Gasteiger partial charge in [-0.25, -0.2) is 8.78 Å². The summed E-state index contributed by atoms with van der Waals surface area (Å²) in [5, 5.41) is 2.79. The Morgan fingerprint density at radius 2 is 1.67 bits per heavy atom. The molecule has 2 rings (SSSR count). The molecule has 0 atom stereocenters. The van der Waals surface area contributed by atoms with E-state index in [0.717, 1.165) is 12.1 Å². The van der Waals surface area contributed by atoms with Gasteiger partial charge in [-0.3, -0.25) is 4.79 Å². The lowest BCUT2D eigenvalue weighted by molar-refractivity contribution is -0.118. The average molecular weight is 332 g/mol. The summed E-state index contributed by atoms with van der Waals surface area (Å²) in [7, 11) is 0. The fraction of sp³-hybridized carbons (Fsp3) is 0.0714. The largest absolute Gasteiger partial charge is 0.484 e. The molecule has 0 aliphatic heterocycles. The molecule has 1 amide bonds. The molecule has 0 saturated heterocycles. The van der Waals surface area contributed by atoms with Gasteiger partial charge in [0.1, 0.15) is 23.1 Å². The molecule has 2 aromatic carbocycles. The van der Waals surface area contributed by atoms with Gasteiger partial charge in [-0.1, -0.05) is 29.3 Å². The Hall–Kier alpha value is -1.85. The van der Waals surface area contributed by atoms with Gasteiger partial charge in [0.05, 0.1) is 0 Å². The lowest BCUT2D eigenvalue weighted by Gasteiger charge is -2.09. The summed E-state index contributed by atoms with van der Waals surface area (Å²) in [5.74, 6) is -2.17. The molecular weight excluding hydrogens is 323 g/mol. The maximum absolute atomic E-state index is 13.3. The quantitative estimate of drug-likeness (QED) is 0.907. The molecule has 0 spiro atoms. The maximum Gasteiger partial charge on any atom is 0.262 e. The van der Waals surface area contributed by atoms with E-state index in [4.69, 9.17) is 27.9 Å². The summed E-state index contributed by atoms with van der Waals surface area (Å²) >= 11 is 11.5. The number of anilines is 1. The monoisotopic (exact) mass is 331 g/mol. The summed E-state index contributed by atoms with van der Waals surface area (Å²) < 4.78 is 31.9. The summed E-state index contributed by atoms with van der Waals surface area (Å²) in [6.45, 7) is -0.440. The van der Waals surface area contributed by atoms with Crippen LogP contribution in [0.4, 0.5) is 14.5 Å². The van der Waals surface area contributed by atoms with Crippen molar-refractivity contribution in [3.8, 4) is 5.75 Å². The fourth-order valence-corrected chi connectivity index (χ4v) is 2.06. The minimum absolute atomic E-state index is 0.275. The summed E-state index contributed by atoms with van der Waals surface area (Å²) in [6, 6.07) is 7.71. The topological polar surface area (TPSA) is 38.3 Å². The first kappa shape index (κ1) is 15.5. The molecule has 110 valence electrons. The Kier molecular flexibility index (Phi) is 4.98. The van der Waals surface area contributed by atoms with E-state index in [1.165, 1.54) is 24.3 Å². The molecule has 0 bridgehead atoms. The van der Waals surface area contributed by atoms with Crippen molar-refractivity contribution >= 4 is 34.8 Å². The summed E-state index contributed by atoms with van der Waals surface area (Å²) in [4.78, 5) is 11.6. The van der Waals surface area contributed by atoms with Crippen molar-refractivity contribution in [1.82, 2.24) is 0 Å². The third-order valence-electron chi connectivity index (χ3n) is 2.43. The van der Waals surface area contributed by atoms with Crippen LogP contribution in [-0.2, 0) is 4.79 Å². The van der Waals surface area contributed by atoms with Gasteiger partial charge >= 0.3 is 0 Å². The second kappa shape index (κ2) is 6.74. The highest BCUT2D eigenvalue weighted by Gasteiger charge is 2.12. The minimum atomic E-state index is -0.867. The first-order chi connectivity index (χ1) is 9.95. The molecular formula is C14H9Cl2F2NO2.